The molecule has 0 aliphatic carbocycles. The van der Waals surface area contributed by atoms with Crippen LogP contribution in [0.5, 0.6) is 0 Å². The number of rotatable bonds is 3. The summed E-state index contributed by atoms with van der Waals surface area (Å²) in [6.07, 6.45) is 0.360. The predicted molar refractivity (Wildman–Crippen MR) is 81.3 cm³/mol. The molecule has 3 rings (SSSR count). The topological polar surface area (TPSA) is 87.2 Å². The Morgan fingerprint density at radius 3 is 2.78 bits per heavy atom. The highest BCUT2D eigenvalue weighted by atomic mass is 16.5. The summed E-state index contributed by atoms with van der Waals surface area (Å²) in [6, 6.07) is 6.91. The van der Waals surface area contributed by atoms with Crippen molar-refractivity contribution in [1.82, 2.24) is 4.90 Å². The van der Waals surface area contributed by atoms with E-state index in [0.717, 1.165) is 6.42 Å². The van der Waals surface area contributed by atoms with Gasteiger partial charge in [-0.1, -0.05) is 6.07 Å². The van der Waals surface area contributed by atoms with Crippen LogP contribution in [0.1, 0.15) is 23.2 Å². The smallest absolute Gasteiger partial charge is 0.334 e. The van der Waals surface area contributed by atoms with Crippen LogP contribution in [0.3, 0.4) is 0 Å². The third-order valence-corrected chi connectivity index (χ3v) is 4.11. The number of carbonyl (C=O) groups is 3. The molecule has 0 unspecified atom stereocenters. The largest absolute Gasteiger partial charge is 0.479 e. The second-order valence-corrected chi connectivity index (χ2v) is 5.65. The molecule has 2 aliphatic heterocycles. The Balaban J connectivity index is 1.77. The number of benzene rings is 1. The van der Waals surface area contributed by atoms with Gasteiger partial charge in [0.2, 0.25) is 5.91 Å². The highest BCUT2D eigenvalue weighted by molar-refractivity contribution is 5.99. The van der Waals surface area contributed by atoms with Crippen molar-refractivity contribution in [2.75, 3.05) is 31.1 Å². The van der Waals surface area contributed by atoms with E-state index in [1.54, 1.807) is 29.2 Å². The monoisotopic (exact) mass is 318 g/mol. The first-order chi connectivity index (χ1) is 11.1. The molecule has 0 bridgehead atoms. The number of nitrogens with zero attached hydrogens (tertiary/aromatic N) is 2. The van der Waals surface area contributed by atoms with Crippen LogP contribution in [0.25, 0.3) is 0 Å². The summed E-state index contributed by atoms with van der Waals surface area (Å²) in [5, 5.41) is 9.02. The van der Waals surface area contributed by atoms with E-state index in [-0.39, 0.29) is 25.0 Å². The summed E-state index contributed by atoms with van der Waals surface area (Å²) >= 11 is 0. The number of ether oxygens (including phenoxy) is 1. The Labute approximate surface area is 133 Å². The molecule has 0 radical (unpaired) electrons. The van der Waals surface area contributed by atoms with E-state index >= 15 is 0 Å². The molecule has 2 amide bonds. The van der Waals surface area contributed by atoms with E-state index in [2.05, 4.69) is 0 Å². The number of hydrogen-bond donors (Lipinski definition) is 1. The molecule has 0 aromatic heterocycles. The van der Waals surface area contributed by atoms with E-state index in [1.807, 2.05) is 0 Å². The lowest BCUT2D eigenvalue weighted by molar-refractivity contribution is -0.154. The minimum absolute atomic E-state index is 0.0288. The minimum Gasteiger partial charge on any atom is -0.479 e. The van der Waals surface area contributed by atoms with Crippen LogP contribution >= 0.6 is 0 Å². The molecular weight excluding hydrogens is 300 g/mol. The van der Waals surface area contributed by atoms with E-state index in [0.29, 0.717) is 30.8 Å². The van der Waals surface area contributed by atoms with E-state index in [9.17, 15) is 14.4 Å². The molecule has 122 valence electrons. The van der Waals surface area contributed by atoms with Gasteiger partial charge < -0.3 is 19.6 Å². The van der Waals surface area contributed by atoms with Crippen molar-refractivity contribution in [2.45, 2.75) is 18.9 Å². The normalized spacial score (nSPS) is 21.6. The first-order valence-electron chi connectivity index (χ1n) is 7.60. The van der Waals surface area contributed by atoms with Crippen LogP contribution in [0, 0.1) is 0 Å². The van der Waals surface area contributed by atoms with Crippen molar-refractivity contribution < 1.29 is 24.2 Å². The molecule has 7 heteroatoms. The SMILES string of the molecule is O=C(O)[C@@H]1CN(C(=O)c2cccc(N3CCCC3=O)c2)CCO1. The van der Waals surface area contributed by atoms with Gasteiger partial charge in [-0.3, -0.25) is 9.59 Å². The lowest BCUT2D eigenvalue weighted by Crippen LogP contribution is -2.48. The maximum absolute atomic E-state index is 12.6. The number of aliphatic carboxylic acids is 1. The van der Waals surface area contributed by atoms with Crippen molar-refractivity contribution in [3.05, 3.63) is 29.8 Å². The van der Waals surface area contributed by atoms with Crippen LogP contribution in [0.2, 0.25) is 0 Å². The fourth-order valence-corrected chi connectivity index (χ4v) is 2.89. The van der Waals surface area contributed by atoms with Gasteiger partial charge in [-0.05, 0) is 24.6 Å². The van der Waals surface area contributed by atoms with Gasteiger partial charge in [-0.15, -0.1) is 0 Å². The molecule has 2 fully saturated rings. The van der Waals surface area contributed by atoms with E-state index in [4.69, 9.17) is 9.84 Å². The maximum Gasteiger partial charge on any atom is 0.334 e. The van der Waals surface area contributed by atoms with Crippen LogP contribution in [-0.2, 0) is 14.3 Å². The Hall–Kier alpha value is -2.41. The molecule has 0 spiro atoms. The van der Waals surface area contributed by atoms with Crippen LogP contribution < -0.4 is 4.90 Å². The average Bonchev–Trinajstić information content (AvgIpc) is 3.00. The summed E-state index contributed by atoms with van der Waals surface area (Å²) in [7, 11) is 0. The molecule has 2 aliphatic rings. The fourth-order valence-electron chi connectivity index (χ4n) is 2.89. The standard InChI is InChI=1S/C16H18N2O5/c19-14-5-2-6-18(14)12-4-1-3-11(9-12)15(20)17-7-8-23-13(10-17)16(21)22/h1,3-4,9,13H,2,5-8,10H2,(H,21,22)/t13-/m0/s1. The summed E-state index contributed by atoms with van der Waals surface area (Å²) in [5.41, 5.74) is 1.16. The number of carboxylic acids is 1. The van der Waals surface area contributed by atoms with Crippen molar-refractivity contribution in [3.8, 4) is 0 Å². The van der Waals surface area contributed by atoms with Gasteiger partial charge in [0.05, 0.1) is 13.2 Å². The van der Waals surface area contributed by atoms with E-state index in [1.165, 1.54) is 4.90 Å². The molecule has 1 aromatic carbocycles. The van der Waals surface area contributed by atoms with Gasteiger partial charge in [0.1, 0.15) is 0 Å². The fraction of sp³-hybridized carbons (Fsp3) is 0.438. The van der Waals surface area contributed by atoms with Crippen LogP contribution in [-0.4, -0.2) is 60.1 Å². The van der Waals surface area contributed by atoms with E-state index < -0.39 is 12.1 Å². The highest BCUT2D eigenvalue weighted by Crippen LogP contribution is 2.23. The Morgan fingerprint density at radius 2 is 2.09 bits per heavy atom. The third-order valence-electron chi connectivity index (χ3n) is 4.11. The lowest BCUT2D eigenvalue weighted by atomic mass is 10.1. The molecular formula is C16H18N2O5. The second kappa shape index (κ2) is 6.37. The molecule has 2 saturated heterocycles. The Bertz CT molecular complexity index is 645. The number of amides is 2. The Morgan fingerprint density at radius 1 is 1.26 bits per heavy atom. The average molecular weight is 318 g/mol. The predicted octanol–water partition coefficient (Wildman–Crippen LogP) is 0.739. The van der Waals surface area contributed by atoms with Crippen molar-refractivity contribution >= 4 is 23.5 Å². The van der Waals surface area contributed by atoms with Gasteiger partial charge in [-0.25, -0.2) is 4.79 Å². The second-order valence-electron chi connectivity index (χ2n) is 5.65. The number of carbonyl (C=O) groups excluding carboxylic acids is 2. The zero-order chi connectivity index (χ0) is 16.4. The summed E-state index contributed by atoms with van der Waals surface area (Å²) < 4.78 is 5.13. The number of hydrogen-bond acceptors (Lipinski definition) is 4. The summed E-state index contributed by atoms with van der Waals surface area (Å²) in [6.45, 7) is 1.25. The zero-order valence-electron chi connectivity index (χ0n) is 12.6. The third kappa shape index (κ3) is 3.19. The van der Waals surface area contributed by atoms with Gasteiger partial charge in [0.25, 0.3) is 5.91 Å². The molecule has 7 nitrogen and oxygen atoms in total. The maximum atomic E-state index is 12.6. The van der Waals surface area contributed by atoms with Crippen molar-refractivity contribution in [2.24, 2.45) is 0 Å². The number of morpholine rings is 1. The van der Waals surface area contributed by atoms with Gasteiger partial charge in [0.15, 0.2) is 6.10 Å². The minimum atomic E-state index is -1.07. The van der Waals surface area contributed by atoms with Gasteiger partial charge >= 0.3 is 5.97 Å². The summed E-state index contributed by atoms with van der Waals surface area (Å²) in [4.78, 5) is 38.6. The number of carboxylic acid groups (broad SMARTS) is 1. The first-order valence-corrected chi connectivity index (χ1v) is 7.60. The van der Waals surface area contributed by atoms with Gasteiger partial charge in [-0.2, -0.15) is 0 Å². The van der Waals surface area contributed by atoms with Crippen LogP contribution in [0.4, 0.5) is 5.69 Å². The number of anilines is 1. The summed E-state index contributed by atoms with van der Waals surface area (Å²) in [5.74, 6) is -1.25. The first kappa shape index (κ1) is 15.5. The Kier molecular flexibility index (Phi) is 4.29. The highest BCUT2D eigenvalue weighted by Gasteiger charge is 2.30. The molecule has 1 aromatic rings. The molecule has 23 heavy (non-hydrogen) atoms. The van der Waals surface area contributed by atoms with Gasteiger partial charge in [0, 0.05) is 30.8 Å². The molecule has 0 saturated carbocycles. The molecule has 1 N–H and O–H groups in total. The quantitative estimate of drug-likeness (QED) is 0.888. The van der Waals surface area contributed by atoms with Crippen molar-refractivity contribution in [3.63, 3.8) is 0 Å². The molecule has 2 heterocycles. The molecule has 1 atom stereocenters. The zero-order valence-corrected chi connectivity index (χ0v) is 12.6. The lowest BCUT2D eigenvalue weighted by Gasteiger charge is -2.31. The van der Waals surface area contributed by atoms with Crippen LogP contribution in [0.15, 0.2) is 24.3 Å². The van der Waals surface area contributed by atoms with Crippen molar-refractivity contribution in [1.29, 1.82) is 0 Å².